The van der Waals surface area contributed by atoms with Crippen LogP contribution in [0.3, 0.4) is 0 Å². The molecule has 0 saturated heterocycles. The van der Waals surface area contributed by atoms with E-state index in [1.165, 1.54) is 47.8 Å². The quantitative estimate of drug-likeness (QED) is 0.292. The van der Waals surface area contributed by atoms with E-state index in [-0.39, 0.29) is 23.0 Å². The number of nitrogens with one attached hydrogen (secondary N) is 1. The molecule has 0 unspecified atom stereocenters. The molecular formula is C17H12FN4O5S+. The molecule has 0 aliphatic carbocycles. The summed E-state index contributed by atoms with van der Waals surface area (Å²) < 4.78 is 18.4. The second-order valence-corrected chi connectivity index (χ2v) is 6.60. The number of halogens is 1. The number of rotatable bonds is 5. The van der Waals surface area contributed by atoms with Gasteiger partial charge in [-0.05, 0) is 42.5 Å². The molecule has 2 heterocycles. The van der Waals surface area contributed by atoms with Crippen molar-refractivity contribution < 1.29 is 29.1 Å². The summed E-state index contributed by atoms with van der Waals surface area (Å²) in [6.07, 6.45) is 0. The summed E-state index contributed by atoms with van der Waals surface area (Å²) in [6, 6.07) is 9.41. The van der Waals surface area contributed by atoms with Gasteiger partial charge in [0.15, 0.2) is 5.58 Å². The Morgan fingerprint density at radius 2 is 1.89 bits per heavy atom. The maximum Gasteiger partial charge on any atom is 0.347 e. The van der Waals surface area contributed by atoms with E-state index in [1.54, 1.807) is 0 Å². The molecule has 0 aliphatic rings. The fraction of sp³-hybridized carbons (Fsp3) is 0. The van der Waals surface area contributed by atoms with E-state index in [9.17, 15) is 19.6 Å². The van der Waals surface area contributed by atoms with Gasteiger partial charge < -0.3 is 9.52 Å². The van der Waals surface area contributed by atoms with Crippen LogP contribution in [0.15, 0.2) is 52.3 Å². The first-order chi connectivity index (χ1) is 13.3. The van der Waals surface area contributed by atoms with Gasteiger partial charge in [0.25, 0.3) is 0 Å². The van der Waals surface area contributed by atoms with Crippen LogP contribution in [-0.2, 0) is 0 Å². The Balaban J connectivity index is 1.59. The van der Waals surface area contributed by atoms with Crippen LogP contribution in [0.2, 0.25) is 0 Å². The number of carbonyl (C=O) groups is 1. The monoisotopic (exact) mass is 403 g/mol. The van der Waals surface area contributed by atoms with E-state index in [2.05, 4.69) is 15.4 Å². The average Bonchev–Trinajstić information content (AvgIpc) is 3.28. The molecule has 0 atom stereocenters. The van der Waals surface area contributed by atoms with Crippen LogP contribution in [0, 0.1) is 5.82 Å². The number of fused-ring (bicyclic) bond motifs is 1. The van der Waals surface area contributed by atoms with E-state index >= 15 is 0 Å². The fourth-order valence-corrected chi connectivity index (χ4v) is 3.26. The van der Waals surface area contributed by atoms with E-state index in [0.29, 0.717) is 16.1 Å². The van der Waals surface area contributed by atoms with Crippen molar-refractivity contribution in [2.45, 2.75) is 0 Å². The number of benzene rings is 2. The van der Waals surface area contributed by atoms with Gasteiger partial charge in [-0.15, -0.1) is 27.2 Å². The zero-order chi connectivity index (χ0) is 19.9. The first-order valence-corrected chi connectivity index (χ1v) is 8.68. The minimum atomic E-state index is -1.85. The summed E-state index contributed by atoms with van der Waals surface area (Å²) in [7, 11) is 0. The Kier molecular flexibility index (Phi) is 4.28. The first kappa shape index (κ1) is 18.0. The molecular weight excluding hydrogens is 391 g/mol. The maximum absolute atomic E-state index is 13.0. The predicted molar refractivity (Wildman–Crippen MR) is 97.5 cm³/mol. The molecule has 2 aromatic heterocycles. The highest BCUT2D eigenvalue weighted by Crippen LogP contribution is 2.30. The highest BCUT2D eigenvalue weighted by atomic mass is 32.1. The molecule has 0 bridgehead atoms. The molecule has 0 saturated carbocycles. The Morgan fingerprint density at radius 1 is 1.14 bits per heavy atom. The van der Waals surface area contributed by atoms with Crippen LogP contribution < -0.4 is 10.3 Å². The molecule has 0 amide bonds. The summed E-state index contributed by atoms with van der Waals surface area (Å²) in [5.41, 5.74) is 3.36. The number of carboxylic acid groups (broad SMARTS) is 1. The van der Waals surface area contributed by atoms with Gasteiger partial charge in [-0.2, -0.15) is 9.97 Å². The van der Waals surface area contributed by atoms with Crippen LogP contribution >= 0.6 is 11.3 Å². The standard InChI is InChI=1S/C17H11FN4O5S/c18-11-4-1-9(2-5-11)15-20-14(8-28-15)22(25,26)21-17-19-12-6-3-10(16(23)24)7-13(12)27-17/h1-8,25-26H,(H-,19,21,23,24)/p+1. The molecule has 4 aromatic rings. The third-order valence-corrected chi connectivity index (χ3v) is 4.67. The molecule has 28 heavy (non-hydrogen) atoms. The summed E-state index contributed by atoms with van der Waals surface area (Å²) in [6.45, 7) is 0. The lowest BCUT2D eigenvalue weighted by Crippen LogP contribution is -2.48. The third-order valence-electron chi connectivity index (χ3n) is 3.79. The third kappa shape index (κ3) is 3.42. The number of aromatic carboxylic acids is 1. The van der Waals surface area contributed by atoms with Gasteiger partial charge >= 0.3 is 17.8 Å². The number of thiazole rings is 1. The van der Waals surface area contributed by atoms with Gasteiger partial charge in [-0.25, -0.2) is 9.18 Å². The van der Waals surface area contributed by atoms with Crippen molar-refractivity contribution in [1.29, 1.82) is 0 Å². The average molecular weight is 403 g/mol. The summed E-state index contributed by atoms with van der Waals surface area (Å²) in [5, 5.41) is 31.4. The Morgan fingerprint density at radius 3 is 2.61 bits per heavy atom. The second-order valence-electron chi connectivity index (χ2n) is 5.74. The molecule has 142 valence electrons. The number of hydrogen-bond acceptors (Lipinski definition) is 8. The van der Waals surface area contributed by atoms with Crippen LogP contribution in [0.4, 0.5) is 16.2 Å². The van der Waals surface area contributed by atoms with Crippen LogP contribution in [0.5, 0.6) is 0 Å². The minimum Gasteiger partial charge on any atom is -0.478 e. The van der Waals surface area contributed by atoms with Gasteiger partial charge in [0.1, 0.15) is 21.3 Å². The lowest BCUT2D eigenvalue weighted by molar-refractivity contribution is -0.275. The highest BCUT2D eigenvalue weighted by Gasteiger charge is 2.33. The lowest BCUT2D eigenvalue weighted by Gasteiger charge is -2.15. The number of carboxylic acids is 1. The van der Waals surface area contributed by atoms with E-state index < -0.39 is 16.7 Å². The topological polar surface area (TPSA) is 129 Å². The van der Waals surface area contributed by atoms with Crippen molar-refractivity contribution in [2.24, 2.45) is 0 Å². The highest BCUT2D eigenvalue weighted by molar-refractivity contribution is 7.13. The Labute approximate surface area is 160 Å². The molecule has 0 radical (unpaired) electrons. The lowest BCUT2D eigenvalue weighted by atomic mass is 10.2. The summed E-state index contributed by atoms with van der Waals surface area (Å²) in [5.74, 6) is -1.69. The maximum atomic E-state index is 13.0. The van der Waals surface area contributed by atoms with Gasteiger partial charge in [0, 0.05) is 5.56 Å². The van der Waals surface area contributed by atoms with Crippen molar-refractivity contribution in [3.8, 4) is 10.6 Å². The normalized spacial score (nSPS) is 11.7. The number of aromatic nitrogens is 2. The van der Waals surface area contributed by atoms with Gasteiger partial charge in [-0.3, -0.25) is 0 Å². The summed E-state index contributed by atoms with van der Waals surface area (Å²) >= 11 is 1.13. The Bertz CT molecular complexity index is 1170. The first-order valence-electron chi connectivity index (χ1n) is 7.80. The van der Waals surface area contributed by atoms with Crippen molar-refractivity contribution in [3.63, 3.8) is 0 Å². The molecule has 0 fully saturated rings. The number of quaternary nitrogens is 1. The second kappa shape index (κ2) is 6.65. The van der Waals surface area contributed by atoms with Crippen molar-refractivity contribution in [1.82, 2.24) is 14.9 Å². The summed E-state index contributed by atoms with van der Waals surface area (Å²) in [4.78, 5) is 17.3. The van der Waals surface area contributed by atoms with Crippen LogP contribution in [0.25, 0.3) is 21.7 Å². The van der Waals surface area contributed by atoms with E-state index in [0.717, 1.165) is 11.3 Å². The molecule has 11 heteroatoms. The zero-order valence-corrected chi connectivity index (χ0v) is 14.7. The number of hydrogen-bond donors (Lipinski definition) is 4. The van der Waals surface area contributed by atoms with Crippen molar-refractivity contribution >= 4 is 40.2 Å². The molecule has 0 spiro atoms. The molecule has 4 rings (SSSR count). The number of nitrogens with zero attached hydrogens (tertiary/aromatic N) is 3. The minimum absolute atomic E-state index is 0.00684. The number of oxazole rings is 1. The SMILES string of the molecule is O=C(O)c1ccc2nc(N[N+](O)(O)c3csc(-c4ccc(F)cc4)n3)oc2c1. The molecule has 2 aromatic carbocycles. The van der Waals surface area contributed by atoms with Gasteiger partial charge in [-0.1, -0.05) is 0 Å². The van der Waals surface area contributed by atoms with Gasteiger partial charge in [0.05, 0.1) is 10.9 Å². The predicted octanol–water partition coefficient (Wildman–Crippen LogP) is 3.90. The van der Waals surface area contributed by atoms with Crippen molar-refractivity contribution in [2.75, 3.05) is 5.43 Å². The Hall–Kier alpha value is -3.38. The molecule has 9 nitrogen and oxygen atoms in total. The van der Waals surface area contributed by atoms with E-state index in [4.69, 9.17) is 9.52 Å². The van der Waals surface area contributed by atoms with Crippen LogP contribution in [-0.4, -0.2) is 31.5 Å². The number of anilines is 1. The smallest absolute Gasteiger partial charge is 0.347 e. The largest absolute Gasteiger partial charge is 0.478 e. The van der Waals surface area contributed by atoms with Crippen LogP contribution in [0.1, 0.15) is 10.4 Å². The molecule has 0 aliphatic heterocycles. The fourth-order valence-electron chi connectivity index (χ4n) is 2.43. The van der Waals surface area contributed by atoms with Gasteiger partial charge in [0.2, 0.25) is 0 Å². The van der Waals surface area contributed by atoms with Crippen molar-refractivity contribution in [3.05, 3.63) is 59.2 Å². The zero-order valence-electron chi connectivity index (χ0n) is 13.9. The van der Waals surface area contributed by atoms with E-state index in [1.807, 2.05) is 0 Å². The molecule has 4 N–H and O–H groups in total.